The molecule has 3 atom stereocenters. The van der Waals surface area contributed by atoms with E-state index in [0.717, 1.165) is 32.2 Å². The largest absolute Gasteiger partial charge is 0.351 e. The van der Waals surface area contributed by atoms with Crippen LogP contribution in [0, 0.1) is 11.8 Å². The van der Waals surface area contributed by atoms with E-state index in [0.29, 0.717) is 25.6 Å². The van der Waals surface area contributed by atoms with Crippen molar-refractivity contribution in [2.75, 3.05) is 26.2 Å². The fourth-order valence-corrected chi connectivity index (χ4v) is 3.50. The summed E-state index contributed by atoms with van der Waals surface area (Å²) in [6.07, 6.45) is 3.85. The second-order valence-electron chi connectivity index (χ2n) is 6.08. The van der Waals surface area contributed by atoms with Gasteiger partial charge in [-0.2, -0.15) is 0 Å². The van der Waals surface area contributed by atoms with Crippen LogP contribution >= 0.6 is 0 Å². The molecule has 0 saturated carbocycles. The summed E-state index contributed by atoms with van der Waals surface area (Å²) in [6.45, 7) is 4.58. The van der Waals surface area contributed by atoms with Crippen LogP contribution in [0.5, 0.6) is 0 Å². The molecule has 6 nitrogen and oxygen atoms in total. The van der Waals surface area contributed by atoms with Crippen molar-refractivity contribution in [1.82, 2.24) is 9.80 Å². The van der Waals surface area contributed by atoms with Crippen molar-refractivity contribution in [3.05, 3.63) is 0 Å². The molecule has 2 saturated heterocycles. The van der Waals surface area contributed by atoms with Crippen molar-refractivity contribution in [3.8, 4) is 0 Å². The lowest BCUT2D eigenvalue weighted by Crippen LogP contribution is -2.55. The number of nitrogens with two attached hydrogens (primary N) is 2. The Morgan fingerprint density at radius 2 is 1.90 bits per heavy atom. The van der Waals surface area contributed by atoms with E-state index in [2.05, 4.69) is 6.92 Å². The number of likely N-dealkylation sites (tertiary alicyclic amines) is 2. The van der Waals surface area contributed by atoms with Gasteiger partial charge in [0.25, 0.3) is 0 Å². The minimum Gasteiger partial charge on any atom is -0.351 e. The van der Waals surface area contributed by atoms with Gasteiger partial charge in [-0.15, -0.1) is 0 Å². The smallest absolute Gasteiger partial charge is 0.314 e. The molecule has 0 radical (unpaired) electrons. The predicted molar refractivity (Wildman–Crippen MR) is 76.8 cm³/mol. The van der Waals surface area contributed by atoms with Gasteiger partial charge in [0.2, 0.25) is 5.91 Å². The Kier molecular flexibility index (Phi) is 4.86. The molecule has 0 aromatic rings. The average molecular weight is 282 g/mol. The molecule has 0 aliphatic carbocycles. The number of nitrogens with zero attached hydrogens (tertiary/aromatic N) is 2. The summed E-state index contributed by atoms with van der Waals surface area (Å²) < 4.78 is 0. The van der Waals surface area contributed by atoms with Gasteiger partial charge in [-0.3, -0.25) is 4.79 Å². The van der Waals surface area contributed by atoms with Crippen LogP contribution in [-0.2, 0) is 4.79 Å². The minimum atomic E-state index is -0.426. The molecule has 6 heteroatoms. The molecule has 20 heavy (non-hydrogen) atoms. The van der Waals surface area contributed by atoms with Crippen LogP contribution in [0.15, 0.2) is 0 Å². The number of piperidine rings is 2. The first-order valence-electron chi connectivity index (χ1n) is 7.59. The number of rotatable bonds is 2. The van der Waals surface area contributed by atoms with Gasteiger partial charge in [-0.05, 0) is 31.6 Å². The van der Waals surface area contributed by atoms with E-state index in [1.165, 1.54) is 0 Å². The van der Waals surface area contributed by atoms with Crippen molar-refractivity contribution < 1.29 is 9.59 Å². The Bertz CT molecular complexity index is 374. The number of urea groups is 1. The lowest BCUT2D eigenvalue weighted by Gasteiger charge is -2.42. The summed E-state index contributed by atoms with van der Waals surface area (Å²) in [6, 6.07) is -0.287. The molecule has 114 valence electrons. The third-order valence-electron chi connectivity index (χ3n) is 4.72. The van der Waals surface area contributed by atoms with Crippen molar-refractivity contribution in [2.24, 2.45) is 23.3 Å². The zero-order valence-corrected chi connectivity index (χ0v) is 12.3. The Hall–Kier alpha value is -1.30. The highest BCUT2D eigenvalue weighted by atomic mass is 16.2. The Balaban J connectivity index is 2.03. The summed E-state index contributed by atoms with van der Waals surface area (Å²) >= 11 is 0. The quantitative estimate of drug-likeness (QED) is 0.766. The third kappa shape index (κ3) is 3.06. The van der Waals surface area contributed by atoms with Gasteiger partial charge < -0.3 is 21.3 Å². The van der Waals surface area contributed by atoms with Crippen molar-refractivity contribution in [3.63, 3.8) is 0 Å². The van der Waals surface area contributed by atoms with E-state index >= 15 is 0 Å². The minimum absolute atomic E-state index is 0.115. The topological polar surface area (TPSA) is 92.7 Å². The standard InChI is InChI=1S/C14H26N4O2/c1-10-4-2-7-18(12(10)8-15)13(19)11-5-3-6-17(9-11)14(16)20/h10-12H,2-9,15H2,1H3,(H2,16,20)/t10-,11+,12+/m1/s1. The van der Waals surface area contributed by atoms with Gasteiger partial charge in [-0.25, -0.2) is 4.79 Å². The van der Waals surface area contributed by atoms with E-state index in [9.17, 15) is 9.59 Å². The fraction of sp³-hybridized carbons (Fsp3) is 0.857. The van der Waals surface area contributed by atoms with Gasteiger partial charge in [0.15, 0.2) is 0 Å². The first-order valence-corrected chi connectivity index (χ1v) is 7.59. The molecule has 2 aliphatic heterocycles. The van der Waals surface area contributed by atoms with Gasteiger partial charge >= 0.3 is 6.03 Å². The lowest BCUT2D eigenvalue weighted by molar-refractivity contribution is -0.141. The molecule has 2 rings (SSSR count). The van der Waals surface area contributed by atoms with E-state index in [-0.39, 0.29) is 17.9 Å². The lowest BCUT2D eigenvalue weighted by atomic mass is 9.88. The highest BCUT2D eigenvalue weighted by molar-refractivity contribution is 5.81. The Labute approximate surface area is 120 Å². The molecule has 2 heterocycles. The number of hydrogen-bond acceptors (Lipinski definition) is 3. The molecule has 0 aromatic heterocycles. The Morgan fingerprint density at radius 3 is 2.55 bits per heavy atom. The van der Waals surface area contributed by atoms with Crippen molar-refractivity contribution >= 4 is 11.9 Å². The summed E-state index contributed by atoms with van der Waals surface area (Å²) in [7, 11) is 0. The SMILES string of the molecule is C[C@@H]1CCCN(C(=O)[C@H]2CCCN(C(N)=O)C2)[C@H]1CN. The van der Waals surface area contributed by atoms with Gasteiger partial charge in [-0.1, -0.05) is 6.92 Å². The number of primary amides is 1. The first kappa shape index (κ1) is 15.1. The van der Waals surface area contributed by atoms with Gasteiger partial charge in [0.1, 0.15) is 0 Å². The molecule has 0 aromatic carbocycles. The van der Waals surface area contributed by atoms with Crippen molar-refractivity contribution in [2.45, 2.75) is 38.6 Å². The molecule has 0 bridgehead atoms. The van der Waals surface area contributed by atoms with Gasteiger partial charge in [0, 0.05) is 32.2 Å². The molecule has 4 N–H and O–H groups in total. The molecule has 2 aliphatic rings. The van der Waals surface area contributed by atoms with Gasteiger partial charge in [0.05, 0.1) is 5.92 Å². The fourth-order valence-electron chi connectivity index (χ4n) is 3.50. The molecular formula is C14H26N4O2. The van der Waals surface area contributed by atoms with Crippen LogP contribution in [0.4, 0.5) is 4.79 Å². The maximum Gasteiger partial charge on any atom is 0.314 e. The second-order valence-corrected chi connectivity index (χ2v) is 6.08. The monoisotopic (exact) mass is 282 g/mol. The summed E-state index contributed by atoms with van der Waals surface area (Å²) in [4.78, 5) is 27.5. The van der Waals surface area contributed by atoms with Crippen LogP contribution in [0.1, 0.15) is 32.6 Å². The summed E-state index contributed by atoms with van der Waals surface area (Å²) in [5.74, 6) is 0.488. The molecule has 2 fully saturated rings. The van der Waals surface area contributed by atoms with E-state index in [4.69, 9.17) is 11.5 Å². The van der Waals surface area contributed by atoms with Crippen LogP contribution in [0.2, 0.25) is 0 Å². The maximum absolute atomic E-state index is 12.7. The zero-order chi connectivity index (χ0) is 14.7. The normalized spacial score (nSPS) is 31.2. The van der Waals surface area contributed by atoms with Crippen molar-refractivity contribution in [1.29, 1.82) is 0 Å². The van der Waals surface area contributed by atoms with Crippen LogP contribution in [-0.4, -0.2) is 54.0 Å². The van der Waals surface area contributed by atoms with E-state index in [1.807, 2.05) is 4.90 Å². The second kappa shape index (κ2) is 6.43. The van der Waals surface area contributed by atoms with E-state index < -0.39 is 6.03 Å². The number of carbonyl (C=O) groups is 2. The molecule has 3 amide bonds. The molecule has 0 spiro atoms. The van der Waals surface area contributed by atoms with E-state index in [1.54, 1.807) is 4.90 Å². The summed E-state index contributed by atoms with van der Waals surface area (Å²) in [5.41, 5.74) is 11.2. The van der Waals surface area contributed by atoms with Crippen LogP contribution < -0.4 is 11.5 Å². The third-order valence-corrected chi connectivity index (χ3v) is 4.72. The summed E-state index contributed by atoms with van der Waals surface area (Å²) in [5, 5.41) is 0. The highest BCUT2D eigenvalue weighted by Crippen LogP contribution is 2.26. The number of hydrogen-bond donors (Lipinski definition) is 2. The van der Waals surface area contributed by atoms with Crippen LogP contribution in [0.25, 0.3) is 0 Å². The molecule has 0 unspecified atom stereocenters. The highest BCUT2D eigenvalue weighted by Gasteiger charge is 2.36. The Morgan fingerprint density at radius 1 is 1.20 bits per heavy atom. The average Bonchev–Trinajstić information content (AvgIpc) is 2.46. The maximum atomic E-state index is 12.7. The predicted octanol–water partition coefficient (Wildman–Crippen LogP) is 0.363. The number of amides is 3. The zero-order valence-electron chi connectivity index (χ0n) is 12.3. The van der Waals surface area contributed by atoms with Crippen LogP contribution in [0.3, 0.4) is 0 Å². The number of carbonyl (C=O) groups excluding carboxylic acids is 2. The first-order chi connectivity index (χ1) is 9.54. The molecular weight excluding hydrogens is 256 g/mol.